The smallest absolute Gasteiger partial charge is 0.0819 e. The molecule has 1 spiro atoms. The van der Waals surface area contributed by atoms with E-state index < -0.39 is 5.41 Å². The maximum absolute atomic E-state index is 2.51. The van der Waals surface area contributed by atoms with Gasteiger partial charge in [-0.2, -0.15) is 0 Å². The number of benzene rings is 11. The Hall–Kier alpha value is -9.02. The molecule has 14 rings (SSSR count). The van der Waals surface area contributed by atoms with Crippen molar-refractivity contribution in [2.24, 2.45) is 0 Å². The van der Waals surface area contributed by atoms with Gasteiger partial charge in [0.1, 0.15) is 0 Å². The fourth-order valence-corrected chi connectivity index (χ4v) is 13.1. The van der Waals surface area contributed by atoms with Gasteiger partial charge >= 0.3 is 0 Å². The van der Waals surface area contributed by atoms with Crippen molar-refractivity contribution in [3.05, 3.63) is 301 Å². The van der Waals surface area contributed by atoms with E-state index in [2.05, 4.69) is 289 Å². The standard InChI is InChI=1S/C69H46N2S/c1-5-17-47(18-6-1)48-29-37-57(38-30-48)71(55-23-11-4-12-24-55)58-41-33-50(34-42-58)52-36-44-61-65(46-52)69(68-67(61)62-26-14-16-28-66(62)72-68)63-27-15-13-25-59(63)60-43-35-51(45-64(60)69)49-31-39-56(40-32-49)70(53-19-7-2-8-20-53)54-21-9-3-10-22-54/h1-46H. The first kappa shape index (κ1) is 41.9. The number of nitrogens with zero attached hydrogens (tertiary/aromatic N) is 2. The van der Waals surface area contributed by atoms with Crippen molar-refractivity contribution < 1.29 is 0 Å². The Balaban J connectivity index is 0.889. The van der Waals surface area contributed by atoms with Crippen LogP contribution in [0.15, 0.2) is 279 Å². The maximum Gasteiger partial charge on any atom is 0.0819 e. The molecule has 1 unspecified atom stereocenters. The van der Waals surface area contributed by atoms with Crippen LogP contribution in [0.4, 0.5) is 34.1 Å². The van der Waals surface area contributed by atoms with Crippen LogP contribution in [-0.2, 0) is 5.41 Å². The minimum Gasteiger partial charge on any atom is -0.311 e. The topological polar surface area (TPSA) is 6.48 Å². The monoisotopic (exact) mass is 934 g/mol. The zero-order valence-electron chi connectivity index (χ0n) is 39.4. The number of rotatable bonds is 9. The second-order valence-electron chi connectivity index (χ2n) is 18.8. The van der Waals surface area contributed by atoms with Gasteiger partial charge < -0.3 is 9.80 Å². The molecule has 338 valence electrons. The minimum absolute atomic E-state index is 0.500. The van der Waals surface area contributed by atoms with Gasteiger partial charge in [-0.05, 0) is 158 Å². The molecule has 12 aromatic rings. The molecular weight excluding hydrogens is 889 g/mol. The fraction of sp³-hybridized carbons (Fsp3) is 0.0145. The summed E-state index contributed by atoms with van der Waals surface area (Å²) in [4.78, 5) is 6.08. The molecule has 1 heterocycles. The third kappa shape index (κ3) is 6.70. The number of thiophene rings is 1. The van der Waals surface area contributed by atoms with E-state index in [0.717, 1.165) is 34.1 Å². The zero-order valence-corrected chi connectivity index (χ0v) is 40.2. The van der Waals surface area contributed by atoms with E-state index in [9.17, 15) is 0 Å². The second-order valence-corrected chi connectivity index (χ2v) is 19.9. The molecule has 0 amide bonds. The largest absolute Gasteiger partial charge is 0.311 e. The predicted octanol–water partition coefficient (Wildman–Crippen LogP) is 19.2. The number of para-hydroxylation sites is 3. The van der Waals surface area contributed by atoms with Gasteiger partial charge in [-0.25, -0.2) is 0 Å². The van der Waals surface area contributed by atoms with E-state index in [1.165, 1.54) is 87.3 Å². The van der Waals surface area contributed by atoms with Gasteiger partial charge in [-0.3, -0.25) is 0 Å². The highest BCUT2D eigenvalue weighted by molar-refractivity contribution is 7.20. The lowest BCUT2D eigenvalue weighted by Crippen LogP contribution is -2.25. The Morgan fingerprint density at radius 1 is 0.264 bits per heavy atom. The summed E-state index contributed by atoms with van der Waals surface area (Å²) >= 11 is 1.96. The molecular formula is C69H46N2S. The second kappa shape index (κ2) is 17.1. The molecule has 2 aliphatic carbocycles. The van der Waals surface area contributed by atoms with Gasteiger partial charge in [0.2, 0.25) is 0 Å². The van der Waals surface area contributed by atoms with Gasteiger partial charge in [0, 0.05) is 54.7 Å². The van der Waals surface area contributed by atoms with E-state index in [-0.39, 0.29) is 0 Å². The van der Waals surface area contributed by atoms with Crippen LogP contribution in [0.1, 0.15) is 21.6 Å². The van der Waals surface area contributed by atoms with Gasteiger partial charge in [0.25, 0.3) is 0 Å². The first-order chi connectivity index (χ1) is 35.7. The molecule has 0 saturated carbocycles. The molecule has 2 nitrogen and oxygen atoms in total. The SMILES string of the molecule is c1ccc(-c2ccc(N(c3ccccc3)c3ccc(-c4ccc5c(c4)C4(c6ccccc6-c6ccc(-c7ccc(N(c8ccccc8)c8ccccc8)cc7)cc64)c4sc6ccccc6c4-5)cc3)cc2)cc1. The minimum atomic E-state index is -0.500. The lowest BCUT2D eigenvalue weighted by Gasteiger charge is -2.30. The summed E-state index contributed by atoms with van der Waals surface area (Å²) in [5.74, 6) is 0. The summed E-state index contributed by atoms with van der Waals surface area (Å²) in [6, 6.07) is 102. The Morgan fingerprint density at radius 3 is 1.15 bits per heavy atom. The van der Waals surface area contributed by atoms with Crippen LogP contribution in [0, 0.1) is 0 Å². The highest BCUT2D eigenvalue weighted by Gasteiger charge is 2.53. The third-order valence-corrected chi connectivity index (χ3v) is 16.2. The van der Waals surface area contributed by atoms with Crippen LogP contribution in [0.25, 0.3) is 65.7 Å². The van der Waals surface area contributed by atoms with Gasteiger partial charge in [0.15, 0.2) is 0 Å². The molecule has 1 aromatic heterocycles. The molecule has 2 aliphatic rings. The molecule has 1 atom stereocenters. The molecule has 0 saturated heterocycles. The quantitative estimate of drug-likeness (QED) is 0.142. The van der Waals surface area contributed by atoms with E-state index in [1.54, 1.807) is 0 Å². The van der Waals surface area contributed by atoms with E-state index in [4.69, 9.17) is 0 Å². The summed E-state index contributed by atoms with van der Waals surface area (Å²) in [6.45, 7) is 0. The number of anilines is 6. The van der Waals surface area contributed by atoms with Crippen LogP contribution in [0.5, 0.6) is 0 Å². The molecule has 72 heavy (non-hydrogen) atoms. The van der Waals surface area contributed by atoms with Crippen molar-refractivity contribution >= 4 is 55.5 Å². The van der Waals surface area contributed by atoms with Crippen LogP contribution in [0.2, 0.25) is 0 Å². The summed E-state index contributed by atoms with van der Waals surface area (Å²) in [7, 11) is 0. The average Bonchev–Trinajstić information content (AvgIpc) is 4.08. The normalized spacial score (nSPS) is 13.9. The van der Waals surface area contributed by atoms with Crippen molar-refractivity contribution in [1.29, 1.82) is 0 Å². The van der Waals surface area contributed by atoms with Crippen molar-refractivity contribution in [3.63, 3.8) is 0 Å². The van der Waals surface area contributed by atoms with E-state index in [1.807, 2.05) is 11.3 Å². The van der Waals surface area contributed by atoms with E-state index >= 15 is 0 Å². The summed E-state index contributed by atoms with van der Waals surface area (Å²) < 4.78 is 1.32. The molecule has 0 N–H and O–H groups in total. The summed E-state index contributed by atoms with van der Waals surface area (Å²) in [5, 5.41) is 1.32. The Morgan fingerprint density at radius 2 is 0.625 bits per heavy atom. The maximum atomic E-state index is 2.51. The predicted molar refractivity (Wildman–Crippen MR) is 304 cm³/mol. The Bertz CT molecular complexity index is 3900. The fourth-order valence-electron chi connectivity index (χ4n) is 11.6. The van der Waals surface area contributed by atoms with E-state index in [0.29, 0.717) is 0 Å². The van der Waals surface area contributed by atoms with Crippen LogP contribution >= 0.6 is 11.3 Å². The Kier molecular flexibility index (Phi) is 9.97. The summed E-state index contributed by atoms with van der Waals surface area (Å²) in [5.41, 5.74) is 22.7. The molecule has 0 bridgehead atoms. The van der Waals surface area contributed by atoms with Crippen LogP contribution < -0.4 is 9.80 Å². The van der Waals surface area contributed by atoms with Crippen molar-refractivity contribution in [1.82, 2.24) is 0 Å². The van der Waals surface area contributed by atoms with Crippen molar-refractivity contribution in [2.45, 2.75) is 5.41 Å². The average molecular weight is 935 g/mol. The lowest BCUT2D eigenvalue weighted by molar-refractivity contribution is 0.812. The number of hydrogen-bond acceptors (Lipinski definition) is 3. The molecule has 0 aliphatic heterocycles. The van der Waals surface area contributed by atoms with Gasteiger partial charge in [-0.15, -0.1) is 11.3 Å². The Labute approximate surface area is 424 Å². The van der Waals surface area contributed by atoms with Gasteiger partial charge in [0.05, 0.1) is 5.41 Å². The summed E-state index contributed by atoms with van der Waals surface area (Å²) in [6.07, 6.45) is 0. The molecule has 0 fully saturated rings. The zero-order chi connectivity index (χ0) is 47.6. The first-order valence-corrected chi connectivity index (χ1v) is 25.6. The highest BCUT2D eigenvalue weighted by Crippen LogP contribution is 2.66. The van der Waals surface area contributed by atoms with Crippen LogP contribution in [-0.4, -0.2) is 0 Å². The molecule has 3 heteroatoms. The van der Waals surface area contributed by atoms with Crippen molar-refractivity contribution in [3.8, 4) is 55.6 Å². The van der Waals surface area contributed by atoms with Gasteiger partial charge in [-0.1, -0.05) is 188 Å². The lowest BCUT2D eigenvalue weighted by atomic mass is 9.73. The third-order valence-electron chi connectivity index (χ3n) is 14.9. The number of hydrogen-bond donors (Lipinski definition) is 0. The molecule has 0 radical (unpaired) electrons. The highest BCUT2D eigenvalue weighted by atomic mass is 32.1. The van der Waals surface area contributed by atoms with Crippen LogP contribution in [0.3, 0.4) is 0 Å². The number of fused-ring (bicyclic) bond motifs is 12. The van der Waals surface area contributed by atoms with Crippen molar-refractivity contribution in [2.75, 3.05) is 9.80 Å². The first-order valence-electron chi connectivity index (χ1n) is 24.7. The molecule has 11 aromatic carbocycles.